The van der Waals surface area contributed by atoms with Gasteiger partial charge in [0.05, 0.1) is 0 Å². The van der Waals surface area contributed by atoms with Crippen LogP contribution in [0.15, 0.2) is 0 Å². The van der Waals surface area contributed by atoms with E-state index in [-0.39, 0.29) is 5.97 Å². The fourth-order valence-electron chi connectivity index (χ4n) is 2.57. The third-order valence-corrected chi connectivity index (χ3v) is 4.64. The molecule has 0 N–H and O–H groups in total. The molecular formula is C18H38O2Si. The van der Waals surface area contributed by atoms with E-state index in [1.54, 1.807) is 0 Å². The molecule has 0 aliphatic carbocycles. The summed E-state index contributed by atoms with van der Waals surface area (Å²) in [5.41, 5.74) is 0. The third-order valence-electron chi connectivity index (χ3n) is 3.80. The van der Waals surface area contributed by atoms with Crippen LogP contribution in [0.1, 0.15) is 84.5 Å². The first-order valence-electron chi connectivity index (χ1n) is 9.07. The minimum absolute atomic E-state index is 0.0118. The maximum Gasteiger partial charge on any atom is 0.292 e. The number of rotatable bonds is 13. The molecule has 0 aliphatic rings. The Morgan fingerprint density at radius 1 is 0.905 bits per heavy atom. The highest BCUT2D eigenvalue weighted by Gasteiger charge is 2.19. The van der Waals surface area contributed by atoms with Gasteiger partial charge >= 0.3 is 0 Å². The highest BCUT2D eigenvalue weighted by Crippen LogP contribution is 2.18. The van der Waals surface area contributed by atoms with Crippen LogP contribution in [0.2, 0.25) is 19.6 Å². The first-order chi connectivity index (χ1) is 9.85. The first-order valence-corrected chi connectivity index (χ1v) is 12.5. The molecule has 0 fully saturated rings. The van der Waals surface area contributed by atoms with Crippen molar-refractivity contribution >= 4 is 14.3 Å². The molecule has 0 aromatic heterocycles. The summed E-state index contributed by atoms with van der Waals surface area (Å²) in [7, 11) is -1.68. The van der Waals surface area contributed by atoms with Crippen LogP contribution < -0.4 is 0 Å². The van der Waals surface area contributed by atoms with E-state index < -0.39 is 8.32 Å². The molecule has 0 saturated heterocycles. The maximum absolute atomic E-state index is 11.6. The van der Waals surface area contributed by atoms with Gasteiger partial charge in [0.2, 0.25) is 8.32 Å². The Morgan fingerprint density at radius 2 is 1.43 bits per heavy atom. The Morgan fingerprint density at radius 3 is 2.00 bits per heavy atom. The zero-order valence-electron chi connectivity index (χ0n) is 15.2. The van der Waals surface area contributed by atoms with E-state index in [0.29, 0.717) is 6.42 Å². The topological polar surface area (TPSA) is 26.3 Å². The van der Waals surface area contributed by atoms with Gasteiger partial charge in [-0.3, -0.25) is 4.79 Å². The SMILES string of the molecule is CCCCCCCCC(C)CCCCC(=O)O[Si](C)(C)C. The van der Waals surface area contributed by atoms with Gasteiger partial charge in [-0.25, -0.2) is 0 Å². The Hall–Kier alpha value is -0.313. The molecule has 21 heavy (non-hydrogen) atoms. The summed E-state index contributed by atoms with van der Waals surface area (Å²) in [6.45, 7) is 10.8. The van der Waals surface area contributed by atoms with Gasteiger partial charge in [-0.1, -0.05) is 71.6 Å². The van der Waals surface area contributed by atoms with E-state index in [9.17, 15) is 4.79 Å². The summed E-state index contributed by atoms with van der Waals surface area (Å²) >= 11 is 0. The van der Waals surface area contributed by atoms with Crippen molar-refractivity contribution < 1.29 is 9.22 Å². The molecule has 0 aromatic carbocycles. The number of hydrogen-bond donors (Lipinski definition) is 0. The van der Waals surface area contributed by atoms with Gasteiger partial charge in [0.15, 0.2) is 0 Å². The largest absolute Gasteiger partial charge is 0.520 e. The molecule has 3 heteroatoms. The molecule has 0 amide bonds. The second kappa shape index (κ2) is 12.3. The van der Waals surface area contributed by atoms with E-state index in [0.717, 1.165) is 18.8 Å². The first kappa shape index (κ1) is 20.7. The smallest absolute Gasteiger partial charge is 0.292 e. The number of carbonyl (C=O) groups excluding carboxylic acids is 1. The van der Waals surface area contributed by atoms with E-state index in [1.165, 1.54) is 51.4 Å². The van der Waals surface area contributed by atoms with Crippen LogP contribution in [0.25, 0.3) is 0 Å². The maximum atomic E-state index is 11.6. The van der Waals surface area contributed by atoms with Crippen molar-refractivity contribution in [3.63, 3.8) is 0 Å². The molecule has 0 bridgehead atoms. The van der Waals surface area contributed by atoms with Gasteiger partial charge in [-0.05, 0) is 32.0 Å². The molecule has 0 aliphatic heterocycles. The van der Waals surface area contributed by atoms with Crippen molar-refractivity contribution in [2.45, 2.75) is 104 Å². The minimum atomic E-state index is -1.68. The average molecular weight is 315 g/mol. The molecule has 126 valence electrons. The fourth-order valence-corrected chi connectivity index (χ4v) is 3.36. The summed E-state index contributed by atoms with van der Waals surface area (Å²) in [6, 6.07) is 0. The third kappa shape index (κ3) is 15.9. The standard InChI is InChI=1S/C18H38O2Si/c1-6-7-8-9-10-11-14-17(2)15-12-13-16-18(19)20-21(3,4)5/h17H,6-16H2,1-5H3. The fraction of sp³-hybridized carbons (Fsp3) is 0.944. The molecule has 0 radical (unpaired) electrons. The highest BCUT2D eigenvalue weighted by atomic mass is 28.4. The van der Waals surface area contributed by atoms with Crippen molar-refractivity contribution in [1.29, 1.82) is 0 Å². The zero-order valence-corrected chi connectivity index (χ0v) is 16.2. The Labute approximate surface area is 134 Å². The summed E-state index contributed by atoms with van der Waals surface area (Å²) in [5, 5.41) is 0. The lowest BCUT2D eigenvalue weighted by atomic mass is 9.96. The lowest BCUT2D eigenvalue weighted by Crippen LogP contribution is -2.28. The molecule has 0 rings (SSSR count). The Bertz CT molecular complexity index is 258. The van der Waals surface area contributed by atoms with Gasteiger partial charge in [-0.2, -0.15) is 0 Å². The van der Waals surface area contributed by atoms with Crippen LogP contribution in [-0.2, 0) is 9.22 Å². The minimum Gasteiger partial charge on any atom is -0.520 e. The molecule has 0 heterocycles. The summed E-state index contributed by atoms with van der Waals surface area (Å²) in [6.07, 6.45) is 13.7. The van der Waals surface area contributed by atoms with Crippen molar-refractivity contribution in [2.24, 2.45) is 5.92 Å². The van der Waals surface area contributed by atoms with Gasteiger partial charge in [-0.15, -0.1) is 0 Å². The lowest BCUT2D eigenvalue weighted by molar-refractivity contribution is -0.135. The van der Waals surface area contributed by atoms with Gasteiger partial charge in [0.25, 0.3) is 5.97 Å². The normalized spacial score (nSPS) is 13.2. The average Bonchev–Trinajstić information content (AvgIpc) is 2.37. The number of hydrogen-bond acceptors (Lipinski definition) is 2. The van der Waals surface area contributed by atoms with E-state index in [2.05, 4.69) is 33.5 Å². The van der Waals surface area contributed by atoms with Crippen molar-refractivity contribution in [3.05, 3.63) is 0 Å². The molecule has 1 unspecified atom stereocenters. The highest BCUT2D eigenvalue weighted by molar-refractivity contribution is 6.71. The predicted molar refractivity (Wildman–Crippen MR) is 95.1 cm³/mol. The van der Waals surface area contributed by atoms with Crippen LogP contribution in [0, 0.1) is 5.92 Å². The van der Waals surface area contributed by atoms with E-state index in [1.807, 2.05) is 0 Å². The zero-order chi connectivity index (χ0) is 16.1. The van der Waals surface area contributed by atoms with E-state index in [4.69, 9.17) is 4.43 Å². The van der Waals surface area contributed by atoms with Crippen LogP contribution >= 0.6 is 0 Å². The molecule has 0 spiro atoms. The van der Waals surface area contributed by atoms with Gasteiger partial charge in [0.1, 0.15) is 0 Å². The summed E-state index contributed by atoms with van der Waals surface area (Å²) in [4.78, 5) is 11.6. The molecular weight excluding hydrogens is 276 g/mol. The van der Waals surface area contributed by atoms with E-state index >= 15 is 0 Å². The monoisotopic (exact) mass is 314 g/mol. The number of carbonyl (C=O) groups is 1. The van der Waals surface area contributed by atoms with Crippen molar-refractivity contribution in [1.82, 2.24) is 0 Å². The second-order valence-corrected chi connectivity index (χ2v) is 11.9. The van der Waals surface area contributed by atoms with Gasteiger partial charge in [0, 0.05) is 6.42 Å². The van der Waals surface area contributed by atoms with Crippen LogP contribution in [0.5, 0.6) is 0 Å². The summed E-state index contributed by atoms with van der Waals surface area (Å²) < 4.78 is 5.46. The number of unbranched alkanes of at least 4 members (excludes halogenated alkanes) is 6. The lowest BCUT2D eigenvalue weighted by Gasteiger charge is -2.17. The quantitative estimate of drug-likeness (QED) is 0.294. The van der Waals surface area contributed by atoms with Crippen LogP contribution in [0.3, 0.4) is 0 Å². The molecule has 2 nitrogen and oxygen atoms in total. The Balaban J connectivity index is 3.41. The molecule has 0 aromatic rings. The Kier molecular flexibility index (Phi) is 12.1. The van der Waals surface area contributed by atoms with Gasteiger partial charge < -0.3 is 4.43 Å². The second-order valence-electron chi connectivity index (χ2n) is 7.49. The molecule has 0 saturated carbocycles. The van der Waals surface area contributed by atoms with Crippen molar-refractivity contribution in [3.8, 4) is 0 Å². The summed E-state index contributed by atoms with van der Waals surface area (Å²) in [5.74, 6) is 0.821. The van der Waals surface area contributed by atoms with Crippen LogP contribution in [0.4, 0.5) is 0 Å². The predicted octanol–water partition coefficient (Wildman–Crippen LogP) is 6.31. The molecule has 1 atom stereocenters. The van der Waals surface area contributed by atoms with Crippen molar-refractivity contribution in [2.75, 3.05) is 0 Å². The van der Waals surface area contributed by atoms with Crippen LogP contribution in [-0.4, -0.2) is 14.3 Å².